The fourth-order valence-electron chi connectivity index (χ4n) is 1.24. The number of nitrogens with zero attached hydrogens (tertiary/aromatic N) is 1. The van der Waals surface area contributed by atoms with Crippen LogP contribution in [0.15, 0.2) is 35.1 Å². The van der Waals surface area contributed by atoms with E-state index in [1.807, 2.05) is 0 Å². The van der Waals surface area contributed by atoms with E-state index in [9.17, 15) is 17.6 Å². The highest BCUT2D eigenvalue weighted by molar-refractivity contribution is 5.54. The Morgan fingerprint density at radius 3 is 2.50 bits per heavy atom. The van der Waals surface area contributed by atoms with Gasteiger partial charge in [-0.1, -0.05) is 0 Å². The number of halogens is 4. The van der Waals surface area contributed by atoms with Gasteiger partial charge in [0.25, 0.3) is 0 Å². The van der Waals surface area contributed by atoms with Crippen LogP contribution in [0.5, 0.6) is 0 Å². The van der Waals surface area contributed by atoms with Crippen LogP contribution in [0.2, 0.25) is 0 Å². The number of alkyl halides is 3. The largest absolute Gasteiger partial charge is 0.445 e. The zero-order valence-corrected chi connectivity index (χ0v) is 7.75. The van der Waals surface area contributed by atoms with Crippen molar-refractivity contribution >= 4 is 0 Å². The topological polar surface area (TPSA) is 26.0 Å². The van der Waals surface area contributed by atoms with Crippen LogP contribution < -0.4 is 0 Å². The van der Waals surface area contributed by atoms with Gasteiger partial charge in [0.2, 0.25) is 5.89 Å². The van der Waals surface area contributed by atoms with E-state index in [2.05, 4.69) is 4.98 Å². The molecule has 0 bridgehead atoms. The number of aromatic nitrogens is 1. The van der Waals surface area contributed by atoms with Gasteiger partial charge < -0.3 is 4.42 Å². The highest BCUT2D eigenvalue weighted by atomic mass is 19.4. The molecule has 0 aliphatic carbocycles. The lowest BCUT2D eigenvalue weighted by atomic mass is 10.1. The second-order valence-electron chi connectivity index (χ2n) is 3.03. The summed E-state index contributed by atoms with van der Waals surface area (Å²) in [5.41, 5.74) is -1.25. The first-order chi connectivity index (χ1) is 7.48. The lowest BCUT2D eigenvalue weighted by Gasteiger charge is -2.08. The van der Waals surface area contributed by atoms with E-state index in [0.717, 1.165) is 6.07 Å². The zero-order valence-electron chi connectivity index (χ0n) is 7.75. The number of oxazole rings is 1. The summed E-state index contributed by atoms with van der Waals surface area (Å²) in [6, 6.07) is 2.58. The van der Waals surface area contributed by atoms with Gasteiger partial charge in [0.1, 0.15) is 12.1 Å². The summed E-state index contributed by atoms with van der Waals surface area (Å²) in [5, 5.41) is 0. The molecular formula is C10H5F4NO. The molecule has 16 heavy (non-hydrogen) atoms. The summed E-state index contributed by atoms with van der Waals surface area (Å²) in [4.78, 5) is 3.68. The molecule has 0 amide bonds. The summed E-state index contributed by atoms with van der Waals surface area (Å²) < 4.78 is 54.9. The molecule has 0 unspecified atom stereocenters. The van der Waals surface area contributed by atoms with Crippen LogP contribution in [0.1, 0.15) is 5.56 Å². The maximum atomic E-state index is 12.9. The molecule has 2 aromatic rings. The Balaban J connectivity index is 2.52. The van der Waals surface area contributed by atoms with Crippen LogP contribution in [0.4, 0.5) is 17.6 Å². The molecule has 2 nitrogen and oxygen atoms in total. The van der Waals surface area contributed by atoms with Gasteiger partial charge in [0.15, 0.2) is 0 Å². The lowest BCUT2D eigenvalue weighted by Crippen LogP contribution is -2.08. The van der Waals surface area contributed by atoms with Crippen molar-refractivity contribution < 1.29 is 22.0 Å². The second-order valence-corrected chi connectivity index (χ2v) is 3.03. The van der Waals surface area contributed by atoms with E-state index < -0.39 is 17.6 Å². The molecule has 0 saturated carbocycles. The van der Waals surface area contributed by atoms with E-state index in [-0.39, 0.29) is 11.5 Å². The maximum Gasteiger partial charge on any atom is 0.419 e. The summed E-state index contributed by atoms with van der Waals surface area (Å²) in [7, 11) is 0. The minimum absolute atomic E-state index is 0.0190. The van der Waals surface area contributed by atoms with Gasteiger partial charge in [-0.2, -0.15) is 13.2 Å². The first-order valence-corrected chi connectivity index (χ1v) is 4.25. The Hall–Kier alpha value is -1.85. The molecule has 0 N–H and O–H groups in total. The van der Waals surface area contributed by atoms with Crippen molar-refractivity contribution in [2.45, 2.75) is 6.18 Å². The lowest BCUT2D eigenvalue weighted by molar-refractivity contribution is -0.139. The van der Waals surface area contributed by atoms with Crippen molar-refractivity contribution in [1.82, 2.24) is 4.98 Å². The van der Waals surface area contributed by atoms with Gasteiger partial charge in [-0.15, -0.1) is 0 Å². The van der Waals surface area contributed by atoms with Gasteiger partial charge in [-0.05, 0) is 18.2 Å². The smallest absolute Gasteiger partial charge is 0.419 e. The standard InChI is InChI=1S/C10H5F4NO/c11-8-2-1-6(9-15-3-4-16-9)5-7(8)10(12,13)14/h1-5H. The van der Waals surface area contributed by atoms with Crippen molar-refractivity contribution in [3.63, 3.8) is 0 Å². The average molecular weight is 231 g/mol. The molecule has 0 radical (unpaired) electrons. The quantitative estimate of drug-likeness (QED) is 0.702. The normalized spacial score (nSPS) is 11.8. The molecule has 1 aromatic carbocycles. The fourth-order valence-corrected chi connectivity index (χ4v) is 1.24. The van der Waals surface area contributed by atoms with Gasteiger partial charge in [0, 0.05) is 5.56 Å². The first kappa shape index (κ1) is 10.7. The van der Waals surface area contributed by atoms with Crippen molar-refractivity contribution in [1.29, 1.82) is 0 Å². The van der Waals surface area contributed by atoms with E-state index in [1.165, 1.54) is 18.5 Å². The van der Waals surface area contributed by atoms with Crippen molar-refractivity contribution in [2.75, 3.05) is 0 Å². The molecule has 0 saturated heterocycles. The monoisotopic (exact) mass is 231 g/mol. The van der Waals surface area contributed by atoms with E-state index >= 15 is 0 Å². The van der Waals surface area contributed by atoms with Crippen LogP contribution in [0.25, 0.3) is 11.5 Å². The molecule has 2 rings (SSSR count). The zero-order chi connectivity index (χ0) is 11.8. The minimum atomic E-state index is -4.73. The molecule has 0 aliphatic heterocycles. The van der Waals surface area contributed by atoms with Gasteiger partial charge in [-0.25, -0.2) is 9.37 Å². The van der Waals surface area contributed by atoms with Crippen LogP contribution in [0.3, 0.4) is 0 Å². The Bertz CT molecular complexity index is 490. The molecule has 84 valence electrons. The van der Waals surface area contributed by atoms with Gasteiger partial charge >= 0.3 is 6.18 Å². The molecule has 0 atom stereocenters. The molecule has 0 aliphatic rings. The fraction of sp³-hybridized carbons (Fsp3) is 0.100. The summed E-state index contributed by atoms with van der Waals surface area (Å²) in [6.07, 6.45) is -2.20. The Labute approximate surface area is 87.5 Å². The summed E-state index contributed by atoms with van der Waals surface area (Å²) >= 11 is 0. The number of benzene rings is 1. The van der Waals surface area contributed by atoms with Crippen molar-refractivity contribution in [3.8, 4) is 11.5 Å². The predicted molar refractivity (Wildman–Crippen MR) is 46.9 cm³/mol. The van der Waals surface area contributed by atoms with E-state index in [4.69, 9.17) is 4.42 Å². The molecule has 1 aromatic heterocycles. The number of hydrogen-bond acceptors (Lipinski definition) is 2. The molecule has 0 fully saturated rings. The highest BCUT2D eigenvalue weighted by Crippen LogP contribution is 2.33. The minimum Gasteiger partial charge on any atom is -0.445 e. The highest BCUT2D eigenvalue weighted by Gasteiger charge is 2.34. The van der Waals surface area contributed by atoms with E-state index in [0.29, 0.717) is 6.07 Å². The molecule has 0 spiro atoms. The van der Waals surface area contributed by atoms with Crippen molar-refractivity contribution in [3.05, 3.63) is 42.0 Å². The molecular weight excluding hydrogens is 226 g/mol. The third kappa shape index (κ3) is 1.91. The SMILES string of the molecule is Fc1ccc(-c2ncco2)cc1C(F)(F)F. The first-order valence-electron chi connectivity index (χ1n) is 4.25. The van der Waals surface area contributed by atoms with Crippen molar-refractivity contribution in [2.24, 2.45) is 0 Å². The van der Waals surface area contributed by atoms with Gasteiger partial charge in [-0.3, -0.25) is 0 Å². The number of hydrogen-bond donors (Lipinski definition) is 0. The second kappa shape index (κ2) is 3.62. The maximum absolute atomic E-state index is 12.9. The van der Waals surface area contributed by atoms with Crippen LogP contribution >= 0.6 is 0 Å². The number of rotatable bonds is 1. The summed E-state index contributed by atoms with van der Waals surface area (Å²) in [6.45, 7) is 0. The molecule has 6 heteroatoms. The van der Waals surface area contributed by atoms with Crippen LogP contribution in [-0.2, 0) is 6.18 Å². The third-order valence-corrected chi connectivity index (χ3v) is 1.95. The summed E-state index contributed by atoms with van der Waals surface area (Å²) in [5.74, 6) is -1.30. The third-order valence-electron chi connectivity index (χ3n) is 1.95. The van der Waals surface area contributed by atoms with Crippen LogP contribution in [0, 0.1) is 5.82 Å². The van der Waals surface area contributed by atoms with E-state index in [1.54, 1.807) is 0 Å². The molecule has 1 heterocycles. The Morgan fingerprint density at radius 2 is 1.94 bits per heavy atom. The predicted octanol–water partition coefficient (Wildman–Crippen LogP) is 3.50. The Morgan fingerprint density at radius 1 is 1.19 bits per heavy atom. The Kier molecular flexibility index (Phi) is 2.41. The average Bonchev–Trinajstić information content (AvgIpc) is 2.69. The van der Waals surface area contributed by atoms with Crippen LogP contribution in [-0.4, -0.2) is 4.98 Å². The van der Waals surface area contributed by atoms with Gasteiger partial charge in [0.05, 0.1) is 11.8 Å².